The highest BCUT2D eigenvalue weighted by atomic mass is 79.9. The Labute approximate surface area is 131 Å². The molecule has 108 valence electrons. The van der Waals surface area contributed by atoms with Gasteiger partial charge in [-0.1, -0.05) is 22.0 Å². The van der Waals surface area contributed by atoms with Gasteiger partial charge in [-0.25, -0.2) is 0 Å². The molecule has 21 heavy (non-hydrogen) atoms. The maximum atomic E-state index is 11.1. The molecule has 1 aliphatic rings. The summed E-state index contributed by atoms with van der Waals surface area (Å²) in [5.74, 6) is 0. The van der Waals surface area contributed by atoms with E-state index in [9.17, 15) is 10.1 Å². The Hall–Kier alpha value is -1.88. The average Bonchev–Trinajstić information content (AvgIpc) is 2.93. The molecule has 0 spiro atoms. The molecule has 0 amide bonds. The lowest BCUT2D eigenvalue weighted by Crippen LogP contribution is -2.03. The van der Waals surface area contributed by atoms with Gasteiger partial charge in [0.15, 0.2) is 0 Å². The summed E-state index contributed by atoms with van der Waals surface area (Å²) in [6.45, 7) is 0.447. The van der Waals surface area contributed by atoms with Gasteiger partial charge in [0.1, 0.15) is 0 Å². The third kappa shape index (κ3) is 3.08. The monoisotopic (exact) mass is 346 g/mol. The first-order valence-electron chi connectivity index (χ1n) is 6.92. The molecule has 2 aromatic carbocycles. The zero-order chi connectivity index (χ0) is 14.8. The summed E-state index contributed by atoms with van der Waals surface area (Å²) in [5, 5.41) is 14.4. The van der Waals surface area contributed by atoms with Gasteiger partial charge in [0.2, 0.25) is 0 Å². The topological polar surface area (TPSA) is 55.2 Å². The number of anilines is 1. The second-order valence-corrected chi connectivity index (χ2v) is 6.14. The number of nitro groups is 1. The van der Waals surface area contributed by atoms with Crippen LogP contribution in [0.1, 0.15) is 23.1 Å². The van der Waals surface area contributed by atoms with Gasteiger partial charge in [-0.2, -0.15) is 0 Å². The number of hydrogen-bond acceptors (Lipinski definition) is 3. The van der Waals surface area contributed by atoms with Gasteiger partial charge in [0.25, 0.3) is 5.69 Å². The summed E-state index contributed by atoms with van der Waals surface area (Å²) in [6, 6.07) is 11.5. The molecule has 0 aromatic heterocycles. The molecule has 0 radical (unpaired) electrons. The largest absolute Gasteiger partial charge is 0.381 e. The van der Waals surface area contributed by atoms with Crippen LogP contribution in [0.3, 0.4) is 0 Å². The summed E-state index contributed by atoms with van der Waals surface area (Å²) in [5.41, 5.74) is 4.66. The lowest BCUT2D eigenvalue weighted by Gasteiger charge is -2.09. The quantitative estimate of drug-likeness (QED) is 0.656. The molecule has 2 aromatic rings. The third-order valence-corrected chi connectivity index (χ3v) is 4.32. The summed E-state index contributed by atoms with van der Waals surface area (Å²) in [4.78, 5) is 10.8. The fourth-order valence-electron chi connectivity index (χ4n) is 2.74. The number of nitrogens with zero attached hydrogens (tertiary/aromatic N) is 1. The Bertz CT molecular complexity index is 701. The van der Waals surface area contributed by atoms with E-state index in [2.05, 4.69) is 39.4 Å². The number of halogens is 1. The van der Waals surface area contributed by atoms with Crippen LogP contribution in [0.25, 0.3) is 0 Å². The molecule has 1 aliphatic carbocycles. The van der Waals surface area contributed by atoms with Gasteiger partial charge in [-0.3, -0.25) is 10.1 Å². The van der Waals surface area contributed by atoms with E-state index in [1.165, 1.54) is 17.5 Å². The molecule has 0 atom stereocenters. The summed E-state index contributed by atoms with van der Waals surface area (Å²) >= 11 is 3.27. The van der Waals surface area contributed by atoms with Crippen molar-refractivity contribution in [3.8, 4) is 0 Å². The molecule has 0 saturated heterocycles. The zero-order valence-corrected chi connectivity index (χ0v) is 13.0. The van der Waals surface area contributed by atoms with E-state index in [-0.39, 0.29) is 10.6 Å². The van der Waals surface area contributed by atoms with E-state index >= 15 is 0 Å². The standard InChI is InChI=1S/C16H15BrN2O2/c17-14-6-4-13(16(9-14)19(20)21)10-18-15-7-5-11-2-1-3-12(11)8-15/h4-9,18H,1-3,10H2. The second kappa shape index (κ2) is 5.85. The van der Waals surface area contributed by atoms with Crippen molar-refractivity contribution in [2.24, 2.45) is 0 Å². The Balaban J connectivity index is 1.77. The number of hydrogen-bond donors (Lipinski definition) is 1. The van der Waals surface area contributed by atoms with Crippen molar-refractivity contribution in [2.45, 2.75) is 25.8 Å². The minimum Gasteiger partial charge on any atom is -0.381 e. The van der Waals surface area contributed by atoms with Gasteiger partial charge in [0, 0.05) is 28.3 Å². The fourth-order valence-corrected chi connectivity index (χ4v) is 3.08. The van der Waals surface area contributed by atoms with Gasteiger partial charge in [-0.15, -0.1) is 0 Å². The normalized spacial score (nSPS) is 13.0. The second-order valence-electron chi connectivity index (χ2n) is 5.22. The molecule has 0 saturated carbocycles. The van der Waals surface area contributed by atoms with Crippen LogP contribution in [-0.4, -0.2) is 4.92 Å². The lowest BCUT2D eigenvalue weighted by molar-refractivity contribution is -0.385. The van der Waals surface area contributed by atoms with E-state index in [4.69, 9.17) is 0 Å². The predicted molar refractivity (Wildman–Crippen MR) is 86.6 cm³/mol. The average molecular weight is 347 g/mol. The molecular weight excluding hydrogens is 332 g/mol. The molecule has 0 bridgehead atoms. The Morgan fingerprint density at radius 3 is 2.76 bits per heavy atom. The number of nitro benzene ring substituents is 1. The molecule has 0 heterocycles. The molecule has 3 rings (SSSR count). The molecule has 1 N–H and O–H groups in total. The third-order valence-electron chi connectivity index (χ3n) is 3.83. The first-order valence-corrected chi connectivity index (χ1v) is 7.71. The first kappa shape index (κ1) is 14.1. The van der Waals surface area contributed by atoms with E-state index < -0.39 is 0 Å². The Kier molecular flexibility index (Phi) is 3.92. The molecule has 0 unspecified atom stereocenters. The summed E-state index contributed by atoms with van der Waals surface area (Å²) in [7, 11) is 0. The Morgan fingerprint density at radius 1 is 1.14 bits per heavy atom. The Morgan fingerprint density at radius 2 is 1.95 bits per heavy atom. The minimum atomic E-state index is -0.343. The van der Waals surface area contributed by atoms with Crippen LogP contribution in [0, 0.1) is 10.1 Å². The predicted octanol–water partition coefficient (Wildman–Crippen LogP) is 4.46. The summed E-state index contributed by atoms with van der Waals surface area (Å²) < 4.78 is 0.718. The van der Waals surface area contributed by atoms with Crippen LogP contribution in [0.5, 0.6) is 0 Å². The molecule has 0 aliphatic heterocycles. The van der Waals surface area contributed by atoms with Crippen LogP contribution in [0.15, 0.2) is 40.9 Å². The molecular formula is C16H15BrN2O2. The number of aryl methyl sites for hydroxylation is 2. The SMILES string of the molecule is O=[N+]([O-])c1cc(Br)ccc1CNc1ccc2c(c1)CCC2. The van der Waals surface area contributed by atoms with Crippen LogP contribution in [-0.2, 0) is 19.4 Å². The van der Waals surface area contributed by atoms with E-state index in [1.807, 2.05) is 6.07 Å². The van der Waals surface area contributed by atoms with Crippen molar-refractivity contribution in [3.05, 3.63) is 67.7 Å². The lowest BCUT2D eigenvalue weighted by atomic mass is 10.1. The van der Waals surface area contributed by atoms with Gasteiger partial charge in [0.05, 0.1) is 4.92 Å². The number of fused-ring (bicyclic) bond motifs is 1. The van der Waals surface area contributed by atoms with Crippen molar-refractivity contribution in [2.75, 3.05) is 5.32 Å². The van der Waals surface area contributed by atoms with Crippen molar-refractivity contribution in [1.29, 1.82) is 0 Å². The van der Waals surface area contributed by atoms with Crippen LogP contribution in [0.4, 0.5) is 11.4 Å². The van der Waals surface area contributed by atoms with Gasteiger partial charge >= 0.3 is 0 Å². The van der Waals surface area contributed by atoms with Crippen LogP contribution in [0.2, 0.25) is 0 Å². The van der Waals surface area contributed by atoms with Crippen molar-refractivity contribution >= 4 is 27.3 Å². The fraction of sp³-hybridized carbons (Fsp3) is 0.250. The van der Waals surface area contributed by atoms with Gasteiger partial charge < -0.3 is 5.32 Å². The zero-order valence-electron chi connectivity index (χ0n) is 11.4. The summed E-state index contributed by atoms with van der Waals surface area (Å²) in [6.07, 6.45) is 3.51. The highest BCUT2D eigenvalue weighted by Crippen LogP contribution is 2.27. The number of benzene rings is 2. The highest BCUT2D eigenvalue weighted by Gasteiger charge is 2.14. The smallest absolute Gasteiger partial charge is 0.275 e. The maximum absolute atomic E-state index is 11.1. The number of nitrogens with one attached hydrogen (secondary N) is 1. The van der Waals surface area contributed by atoms with Gasteiger partial charge in [-0.05, 0) is 54.7 Å². The van der Waals surface area contributed by atoms with Crippen LogP contribution >= 0.6 is 15.9 Å². The maximum Gasteiger partial charge on any atom is 0.275 e. The minimum absolute atomic E-state index is 0.137. The molecule has 4 nitrogen and oxygen atoms in total. The number of rotatable bonds is 4. The van der Waals surface area contributed by atoms with E-state index in [1.54, 1.807) is 12.1 Å². The van der Waals surface area contributed by atoms with Crippen LogP contribution < -0.4 is 5.32 Å². The molecule has 5 heteroatoms. The first-order chi connectivity index (χ1) is 10.1. The van der Waals surface area contributed by atoms with E-state index in [0.717, 1.165) is 23.0 Å². The molecule has 0 fully saturated rings. The van der Waals surface area contributed by atoms with E-state index in [0.29, 0.717) is 12.1 Å². The highest BCUT2D eigenvalue weighted by molar-refractivity contribution is 9.10. The van der Waals surface area contributed by atoms with Crippen molar-refractivity contribution in [3.63, 3.8) is 0 Å². The van der Waals surface area contributed by atoms with Crippen molar-refractivity contribution in [1.82, 2.24) is 0 Å². The van der Waals surface area contributed by atoms with Crippen molar-refractivity contribution < 1.29 is 4.92 Å².